The molecule has 0 unspecified atom stereocenters. The predicted octanol–water partition coefficient (Wildman–Crippen LogP) is 3.72. The van der Waals surface area contributed by atoms with E-state index in [4.69, 9.17) is 11.6 Å². The van der Waals surface area contributed by atoms with Gasteiger partial charge in [0.2, 0.25) is 0 Å². The number of benzene rings is 1. The van der Waals surface area contributed by atoms with E-state index in [9.17, 15) is 4.79 Å². The molecule has 0 spiro atoms. The van der Waals surface area contributed by atoms with Gasteiger partial charge >= 0.3 is 0 Å². The molecule has 20 heavy (non-hydrogen) atoms. The minimum atomic E-state index is 0.0147. The second kappa shape index (κ2) is 5.38. The number of hydrogen-bond acceptors (Lipinski definition) is 3. The largest absolute Gasteiger partial charge is 0.294 e. The Morgan fingerprint density at radius 2 is 2.05 bits per heavy atom. The highest BCUT2D eigenvalue weighted by atomic mass is 35.5. The van der Waals surface area contributed by atoms with Crippen molar-refractivity contribution in [3.05, 3.63) is 62.5 Å². The van der Waals surface area contributed by atoms with E-state index in [1.165, 1.54) is 4.88 Å². The number of fused-ring (bicyclic) bond motifs is 1. The Morgan fingerprint density at radius 1 is 1.30 bits per heavy atom. The molecule has 5 heteroatoms. The molecule has 0 aliphatic carbocycles. The summed E-state index contributed by atoms with van der Waals surface area (Å²) >= 11 is 7.45. The molecule has 3 rings (SSSR count). The molecule has 102 valence electrons. The van der Waals surface area contributed by atoms with Crippen LogP contribution in [0.4, 0.5) is 0 Å². The van der Waals surface area contributed by atoms with Crippen LogP contribution in [0, 0.1) is 0 Å². The molecule has 3 aromatic rings. The fraction of sp³-hybridized carbons (Fsp3) is 0.200. The molecule has 0 aliphatic rings. The zero-order chi connectivity index (χ0) is 14.1. The summed E-state index contributed by atoms with van der Waals surface area (Å²) in [7, 11) is 0. The van der Waals surface area contributed by atoms with E-state index in [-0.39, 0.29) is 5.56 Å². The van der Waals surface area contributed by atoms with Crippen molar-refractivity contribution in [2.24, 2.45) is 0 Å². The molecular weight excluding hydrogens is 292 g/mol. The first-order chi connectivity index (χ1) is 9.67. The third-order valence-electron chi connectivity index (χ3n) is 3.18. The average molecular weight is 305 g/mol. The van der Waals surface area contributed by atoms with Crippen molar-refractivity contribution < 1.29 is 0 Å². The van der Waals surface area contributed by atoms with E-state index in [1.807, 2.05) is 30.3 Å². The highest BCUT2D eigenvalue weighted by Crippen LogP contribution is 2.21. The molecule has 0 bridgehead atoms. The van der Waals surface area contributed by atoms with Crippen molar-refractivity contribution in [1.82, 2.24) is 9.55 Å². The van der Waals surface area contributed by atoms with Crippen molar-refractivity contribution in [3.8, 4) is 0 Å². The topological polar surface area (TPSA) is 34.9 Å². The number of thiophene rings is 1. The quantitative estimate of drug-likeness (QED) is 0.739. The molecular formula is C15H13ClN2OS. The van der Waals surface area contributed by atoms with Crippen molar-refractivity contribution in [1.29, 1.82) is 0 Å². The van der Waals surface area contributed by atoms with E-state index in [0.717, 1.165) is 16.8 Å². The highest BCUT2D eigenvalue weighted by Gasteiger charge is 2.08. The Morgan fingerprint density at radius 3 is 2.75 bits per heavy atom. The Hall–Kier alpha value is -1.65. The standard InChI is InChI=1S/C15H13ClN2OS/c1-2-12-7-13-14(20-12)17-9-18(15(13)19)8-10-3-5-11(16)6-4-10/h3-7,9H,2,8H2,1H3. The number of halogens is 1. The van der Waals surface area contributed by atoms with Crippen LogP contribution in [0.3, 0.4) is 0 Å². The van der Waals surface area contributed by atoms with Gasteiger partial charge in [-0.25, -0.2) is 4.98 Å². The molecule has 2 aromatic heterocycles. The fourth-order valence-corrected chi connectivity index (χ4v) is 3.13. The SMILES string of the molecule is CCc1cc2c(=O)n(Cc3ccc(Cl)cc3)cnc2s1. The van der Waals surface area contributed by atoms with Crippen molar-refractivity contribution in [2.45, 2.75) is 19.9 Å². The lowest BCUT2D eigenvalue weighted by atomic mass is 10.2. The number of hydrogen-bond donors (Lipinski definition) is 0. The van der Waals surface area contributed by atoms with Gasteiger partial charge in [-0.1, -0.05) is 30.7 Å². The number of aromatic nitrogens is 2. The summed E-state index contributed by atoms with van der Waals surface area (Å²) in [4.78, 5) is 18.8. The third-order valence-corrected chi connectivity index (χ3v) is 4.62. The van der Waals surface area contributed by atoms with Gasteiger partial charge in [0.05, 0.1) is 18.3 Å². The van der Waals surface area contributed by atoms with Crippen LogP contribution in [0.5, 0.6) is 0 Å². The first-order valence-corrected chi connectivity index (χ1v) is 7.59. The summed E-state index contributed by atoms with van der Waals surface area (Å²) in [5, 5.41) is 1.41. The van der Waals surface area contributed by atoms with Gasteiger partial charge in [0.15, 0.2) is 0 Å². The number of nitrogens with zero attached hydrogens (tertiary/aromatic N) is 2. The van der Waals surface area contributed by atoms with Crippen molar-refractivity contribution >= 4 is 33.2 Å². The van der Waals surface area contributed by atoms with Crippen LogP contribution < -0.4 is 5.56 Å². The summed E-state index contributed by atoms with van der Waals surface area (Å²) in [5.41, 5.74) is 1.05. The molecule has 0 radical (unpaired) electrons. The van der Waals surface area contributed by atoms with E-state index in [1.54, 1.807) is 22.2 Å². The van der Waals surface area contributed by atoms with E-state index < -0.39 is 0 Å². The van der Waals surface area contributed by atoms with Crippen LogP contribution in [0.2, 0.25) is 5.02 Å². The number of rotatable bonds is 3. The molecule has 0 amide bonds. The molecule has 2 heterocycles. The van der Waals surface area contributed by atoms with Crippen molar-refractivity contribution in [3.63, 3.8) is 0 Å². The normalized spacial score (nSPS) is 11.1. The number of aryl methyl sites for hydroxylation is 1. The van der Waals surface area contributed by atoms with E-state index >= 15 is 0 Å². The van der Waals surface area contributed by atoms with Crippen LogP contribution in [-0.2, 0) is 13.0 Å². The average Bonchev–Trinajstić information content (AvgIpc) is 2.88. The summed E-state index contributed by atoms with van der Waals surface area (Å²) in [6.07, 6.45) is 2.55. The van der Waals surface area contributed by atoms with Gasteiger partial charge in [0, 0.05) is 9.90 Å². The van der Waals surface area contributed by atoms with Crippen LogP contribution in [0.1, 0.15) is 17.4 Å². The minimum Gasteiger partial charge on any atom is -0.294 e. The van der Waals surface area contributed by atoms with Crippen LogP contribution in [0.25, 0.3) is 10.2 Å². The maximum atomic E-state index is 12.4. The molecule has 0 atom stereocenters. The van der Waals surface area contributed by atoms with E-state index in [0.29, 0.717) is 17.0 Å². The zero-order valence-electron chi connectivity index (χ0n) is 11.0. The Bertz CT molecular complexity index is 805. The molecule has 1 aromatic carbocycles. The van der Waals surface area contributed by atoms with Gasteiger partial charge in [-0.15, -0.1) is 11.3 Å². The monoisotopic (exact) mass is 304 g/mol. The Kier molecular flexibility index (Phi) is 3.59. The highest BCUT2D eigenvalue weighted by molar-refractivity contribution is 7.18. The Labute approximate surface area is 125 Å². The summed E-state index contributed by atoms with van der Waals surface area (Å²) in [6, 6.07) is 9.45. The predicted molar refractivity (Wildman–Crippen MR) is 83.8 cm³/mol. The minimum absolute atomic E-state index is 0.0147. The van der Waals surface area contributed by atoms with Crippen LogP contribution in [-0.4, -0.2) is 9.55 Å². The molecule has 0 saturated heterocycles. The maximum Gasteiger partial charge on any atom is 0.262 e. The lowest BCUT2D eigenvalue weighted by Gasteiger charge is -2.05. The van der Waals surface area contributed by atoms with Crippen LogP contribution in [0.15, 0.2) is 41.5 Å². The molecule has 0 aliphatic heterocycles. The van der Waals surface area contributed by atoms with Crippen LogP contribution >= 0.6 is 22.9 Å². The lowest BCUT2D eigenvalue weighted by Crippen LogP contribution is -2.20. The second-order valence-electron chi connectivity index (χ2n) is 4.59. The van der Waals surface area contributed by atoms with Gasteiger partial charge in [-0.3, -0.25) is 9.36 Å². The molecule has 0 fully saturated rings. The lowest BCUT2D eigenvalue weighted by molar-refractivity contribution is 0.749. The van der Waals surface area contributed by atoms with Gasteiger partial charge < -0.3 is 0 Å². The molecule has 0 saturated carbocycles. The fourth-order valence-electron chi connectivity index (χ4n) is 2.08. The van der Waals surface area contributed by atoms with E-state index in [2.05, 4.69) is 11.9 Å². The first kappa shape index (κ1) is 13.3. The van der Waals surface area contributed by atoms with Gasteiger partial charge in [-0.05, 0) is 30.2 Å². The first-order valence-electron chi connectivity index (χ1n) is 6.39. The molecule has 0 N–H and O–H groups in total. The Balaban J connectivity index is 2.01. The van der Waals surface area contributed by atoms with Gasteiger partial charge in [-0.2, -0.15) is 0 Å². The zero-order valence-corrected chi connectivity index (χ0v) is 12.5. The summed E-state index contributed by atoms with van der Waals surface area (Å²) < 4.78 is 1.64. The maximum absolute atomic E-state index is 12.4. The van der Waals surface area contributed by atoms with Gasteiger partial charge in [0.25, 0.3) is 5.56 Å². The molecule has 3 nitrogen and oxygen atoms in total. The second-order valence-corrected chi connectivity index (χ2v) is 6.14. The van der Waals surface area contributed by atoms with Gasteiger partial charge in [0.1, 0.15) is 4.83 Å². The van der Waals surface area contributed by atoms with Crippen molar-refractivity contribution in [2.75, 3.05) is 0 Å². The smallest absolute Gasteiger partial charge is 0.262 e. The summed E-state index contributed by atoms with van der Waals surface area (Å²) in [5.74, 6) is 0. The third kappa shape index (κ3) is 2.49. The summed E-state index contributed by atoms with van der Waals surface area (Å²) in [6.45, 7) is 2.59.